The molecule has 0 heterocycles. The van der Waals surface area contributed by atoms with Crippen LogP contribution < -0.4 is 0 Å². The van der Waals surface area contributed by atoms with Crippen molar-refractivity contribution in [2.45, 2.75) is 71.5 Å². The van der Waals surface area contributed by atoms with E-state index in [-0.39, 0.29) is 28.5 Å². The Bertz CT molecular complexity index is 338. The highest BCUT2D eigenvalue weighted by Crippen LogP contribution is 2.68. The fourth-order valence-corrected chi connectivity index (χ4v) is 5.56. The van der Waals surface area contributed by atoms with E-state index in [4.69, 9.17) is 0 Å². The van der Waals surface area contributed by atoms with Gasteiger partial charge >= 0.3 is 0 Å². The van der Waals surface area contributed by atoms with Gasteiger partial charge in [-0.1, -0.05) is 20.8 Å². The quantitative estimate of drug-likeness (QED) is 0.681. The highest BCUT2D eigenvalue weighted by molar-refractivity contribution is 5.14. The predicted octanol–water partition coefficient (Wildman–Crippen LogP) is 2.72. The summed E-state index contributed by atoms with van der Waals surface area (Å²) in [4.78, 5) is 0. The second-order valence-electron chi connectivity index (χ2n) is 7.92. The highest BCUT2D eigenvalue weighted by atomic mass is 16.3. The van der Waals surface area contributed by atoms with Crippen LogP contribution in [0.5, 0.6) is 0 Å². The molecule has 3 aliphatic rings. The normalized spacial score (nSPS) is 56.6. The molecule has 0 aliphatic heterocycles. The Balaban J connectivity index is 2.00. The van der Waals surface area contributed by atoms with E-state index in [1.54, 1.807) is 0 Å². The number of aliphatic hydroxyl groups is 2. The van der Waals surface area contributed by atoms with E-state index in [0.29, 0.717) is 5.92 Å². The highest BCUT2D eigenvalue weighted by Gasteiger charge is 2.64. The number of hydrogen-bond acceptors (Lipinski definition) is 2. The molecule has 2 heteroatoms. The number of hydrogen-bond donors (Lipinski definition) is 2. The SMILES string of the molecule is CC1(C)CC(O)[C@]23CC[C@@H](O)[C@](C)(CC[C@@H]12)C3. The van der Waals surface area contributed by atoms with Gasteiger partial charge in [0.2, 0.25) is 0 Å². The van der Waals surface area contributed by atoms with E-state index in [9.17, 15) is 10.2 Å². The predicted molar refractivity (Wildman–Crippen MR) is 67.5 cm³/mol. The third-order valence-electron chi connectivity index (χ3n) is 6.45. The van der Waals surface area contributed by atoms with Crippen LogP contribution in [-0.2, 0) is 0 Å². The van der Waals surface area contributed by atoms with Gasteiger partial charge in [0.25, 0.3) is 0 Å². The van der Waals surface area contributed by atoms with Crippen molar-refractivity contribution in [2.75, 3.05) is 0 Å². The zero-order valence-electron chi connectivity index (χ0n) is 11.4. The van der Waals surface area contributed by atoms with E-state index >= 15 is 0 Å². The molecule has 0 saturated heterocycles. The van der Waals surface area contributed by atoms with Gasteiger partial charge in [0.05, 0.1) is 12.2 Å². The van der Waals surface area contributed by atoms with Gasteiger partial charge < -0.3 is 10.2 Å². The molecule has 1 spiro atoms. The molecular weight excluding hydrogens is 212 g/mol. The summed E-state index contributed by atoms with van der Waals surface area (Å²) < 4.78 is 0. The summed E-state index contributed by atoms with van der Waals surface area (Å²) in [7, 11) is 0. The maximum absolute atomic E-state index is 10.6. The summed E-state index contributed by atoms with van der Waals surface area (Å²) in [6.07, 6.45) is 5.94. The van der Waals surface area contributed by atoms with Gasteiger partial charge in [-0.2, -0.15) is 0 Å². The van der Waals surface area contributed by atoms with Crippen molar-refractivity contribution in [3.63, 3.8) is 0 Å². The maximum Gasteiger partial charge on any atom is 0.0604 e. The average molecular weight is 238 g/mol. The van der Waals surface area contributed by atoms with Crippen LogP contribution in [0.2, 0.25) is 0 Å². The van der Waals surface area contributed by atoms with Gasteiger partial charge in [-0.25, -0.2) is 0 Å². The minimum absolute atomic E-state index is 0.0656. The summed E-state index contributed by atoms with van der Waals surface area (Å²) in [6, 6.07) is 0. The van der Waals surface area contributed by atoms with Gasteiger partial charge in [0.15, 0.2) is 0 Å². The largest absolute Gasteiger partial charge is 0.393 e. The first-order valence-electron chi connectivity index (χ1n) is 7.16. The van der Waals surface area contributed by atoms with Gasteiger partial charge in [-0.3, -0.25) is 0 Å². The van der Waals surface area contributed by atoms with Crippen LogP contribution in [0.1, 0.15) is 59.3 Å². The van der Waals surface area contributed by atoms with Gasteiger partial charge in [0.1, 0.15) is 0 Å². The van der Waals surface area contributed by atoms with E-state index in [2.05, 4.69) is 20.8 Å². The lowest BCUT2D eigenvalue weighted by Gasteiger charge is -2.57. The Morgan fingerprint density at radius 1 is 0.941 bits per heavy atom. The van der Waals surface area contributed by atoms with Gasteiger partial charge in [0, 0.05) is 5.41 Å². The Hall–Kier alpha value is -0.0800. The summed E-state index contributed by atoms with van der Waals surface area (Å²) in [5, 5.41) is 20.8. The Morgan fingerprint density at radius 2 is 1.65 bits per heavy atom. The molecule has 0 aromatic heterocycles. The van der Waals surface area contributed by atoms with Crippen molar-refractivity contribution in [3.05, 3.63) is 0 Å². The van der Waals surface area contributed by atoms with Crippen LogP contribution in [0.4, 0.5) is 0 Å². The van der Waals surface area contributed by atoms with Crippen LogP contribution in [0.25, 0.3) is 0 Å². The molecule has 3 fully saturated rings. The van der Waals surface area contributed by atoms with Crippen molar-refractivity contribution >= 4 is 0 Å². The van der Waals surface area contributed by atoms with Gasteiger partial charge in [-0.05, 0) is 55.3 Å². The maximum atomic E-state index is 10.6. The lowest BCUT2D eigenvalue weighted by Crippen LogP contribution is -2.54. The summed E-state index contributed by atoms with van der Waals surface area (Å²) in [5.74, 6) is 0.658. The molecule has 5 atom stereocenters. The number of fused-ring (bicyclic) bond motifs is 1. The summed E-state index contributed by atoms with van der Waals surface area (Å²) in [6.45, 7) is 6.87. The molecule has 2 nitrogen and oxygen atoms in total. The molecule has 3 aliphatic carbocycles. The van der Waals surface area contributed by atoms with Crippen molar-refractivity contribution < 1.29 is 10.2 Å². The molecule has 1 unspecified atom stereocenters. The average Bonchev–Trinajstić information content (AvgIpc) is 2.41. The minimum Gasteiger partial charge on any atom is -0.393 e. The zero-order valence-corrected chi connectivity index (χ0v) is 11.4. The lowest BCUT2D eigenvalue weighted by atomic mass is 9.49. The Labute approximate surface area is 104 Å². The summed E-state index contributed by atoms with van der Waals surface area (Å²) >= 11 is 0. The van der Waals surface area contributed by atoms with Crippen LogP contribution in [0.15, 0.2) is 0 Å². The molecule has 2 bridgehead atoms. The Morgan fingerprint density at radius 3 is 2.35 bits per heavy atom. The number of rotatable bonds is 0. The third kappa shape index (κ3) is 1.40. The smallest absolute Gasteiger partial charge is 0.0604 e. The monoisotopic (exact) mass is 238 g/mol. The molecule has 3 rings (SSSR count). The number of aliphatic hydroxyl groups excluding tert-OH is 2. The topological polar surface area (TPSA) is 40.5 Å². The molecule has 3 saturated carbocycles. The van der Waals surface area contributed by atoms with Crippen molar-refractivity contribution in [1.82, 2.24) is 0 Å². The van der Waals surface area contributed by atoms with Gasteiger partial charge in [-0.15, -0.1) is 0 Å². The summed E-state index contributed by atoms with van der Waals surface area (Å²) in [5.41, 5.74) is 0.467. The fraction of sp³-hybridized carbons (Fsp3) is 1.00. The van der Waals surface area contributed by atoms with E-state index in [1.165, 1.54) is 6.42 Å². The van der Waals surface area contributed by atoms with Crippen molar-refractivity contribution in [1.29, 1.82) is 0 Å². The van der Waals surface area contributed by atoms with Crippen LogP contribution in [-0.4, -0.2) is 22.4 Å². The third-order valence-corrected chi connectivity index (χ3v) is 6.45. The molecule has 0 aromatic rings. The fourth-order valence-electron chi connectivity index (χ4n) is 5.56. The standard InChI is InChI=1S/C15H26O2/c1-13(2)8-12(17)15-7-5-11(16)14(3,9-15)6-4-10(13)15/h10-12,16-17H,4-9H2,1-3H3/t10-,11+,12?,14+,15-/m0/s1. The second kappa shape index (κ2) is 3.27. The Kier molecular flexibility index (Phi) is 2.30. The second-order valence-corrected chi connectivity index (χ2v) is 7.92. The zero-order chi connectivity index (χ0) is 12.5. The first-order chi connectivity index (χ1) is 7.80. The molecule has 0 aromatic carbocycles. The van der Waals surface area contributed by atoms with Crippen molar-refractivity contribution in [3.8, 4) is 0 Å². The first kappa shape index (κ1) is 12.0. The van der Waals surface area contributed by atoms with Crippen LogP contribution >= 0.6 is 0 Å². The molecule has 2 N–H and O–H groups in total. The van der Waals surface area contributed by atoms with Crippen LogP contribution in [0.3, 0.4) is 0 Å². The van der Waals surface area contributed by atoms with E-state index < -0.39 is 0 Å². The molecular formula is C15H26O2. The molecule has 17 heavy (non-hydrogen) atoms. The van der Waals surface area contributed by atoms with Crippen LogP contribution in [0, 0.1) is 22.2 Å². The minimum atomic E-state index is -0.148. The van der Waals surface area contributed by atoms with Crippen molar-refractivity contribution in [2.24, 2.45) is 22.2 Å². The van der Waals surface area contributed by atoms with E-state index in [0.717, 1.165) is 32.1 Å². The lowest BCUT2D eigenvalue weighted by molar-refractivity contribution is -0.144. The molecule has 98 valence electrons. The molecule has 0 radical (unpaired) electrons. The molecule has 0 amide bonds. The van der Waals surface area contributed by atoms with E-state index in [1.807, 2.05) is 0 Å². The first-order valence-corrected chi connectivity index (χ1v) is 7.16.